The maximum absolute atomic E-state index is 5.19. The molecule has 0 radical (unpaired) electrons. The average Bonchev–Trinajstić information content (AvgIpc) is 2.90. The largest absolute Gasteiger partial charge is 0.497 e. The van der Waals surface area contributed by atoms with Crippen LogP contribution in [-0.4, -0.2) is 16.9 Å². The van der Waals surface area contributed by atoms with Crippen LogP contribution in [0, 0.1) is 13.8 Å². The molecule has 0 aliphatic carbocycles. The molecule has 1 aromatic heterocycles. The zero-order valence-corrected chi connectivity index (χ0v) is 15.1. The van der Waals surface area contributed by atoms with Gasteiger partial charge in [0, 0.05) is 24.3 Å². The smallest absolute Gasteiger partial charge is 0.118 e. The molecule has 0 aliphatic rings. The van der Waals surface area contributed by atoms with Crippen molar-refractivity contribution in [3.8, 4) is 5.75 Å². The lowest BCUT2D eigenvalue weighted by Gasteiger charge is -2.08. The van der Waals surface area contributed by atoms with Gasteiger partial charge in [-0.1, -0.05) is 42.5 Å². The van der Waals surface area contributed by atoms with Crippen LogP contribution < -0.4 is 10.1 Å². The summed E-state index contributed by atoms with van der Waals surface area (Å²) in [5.41, 5.74) is 6.11. The SMILES string of the molecule is COc1ccc(CNCc2c(C)nn(Cc3ccccc3)c2C)cc1. The van der Waals surface area contributed by atoms with Gasteiger partial charge in [-0.25, -0.2) is 0 Å². The Hall–Kier alpha value is -2.59. The molecule has 25 heavy (non-hydrogen) atoms. The van der Waals surface area contributed by atoms with Crippen LogP contribution >= 0.6 is 0 Å². The molecular formula is C21H25N3O. The van der Waals surface area contributed by atoms with Crippen LogP contribution in [0.1, 0.15) is 28.1 Å². The molecule has 3 aromatic rings. The molecular weight excluding hydrogens is 310 g/mol. The van der Waals surface area contributed by atoms with Gasteiger partial charge in [0.15, 0.2) is 0 Å². The first-order valence-electron chi connectivity index (χ1n) is 8.58. The van der Waals surface area contributed by atoms with Crippen molar-refractivity contribution in [2.24, 2.45) is 0 Å². The summed E-state index contributed by atoms with van der Waals surface area (Å²) in [7, 11) is 1.69. The molecule has 1 heterocycles. The molecule has 3 rings (SSSR count). The number of methoxy groups -OCH3 is 1. The van der Waals surface area contributed by atoms with Gasteiger partial charge in [0.25, 0.3) is 0 Å². The van der Waals surface area contributed by atoms with Gasteiger partial charge in [0.1, 0.15) is 5.75 Å². The van der Waals surface area contributed by atoms with E-state index >= 15 is 0 Å². The molecule has 0 unspecified atom stereocenters. The molecule has 1 N–H and O–H groups in total. The summed E-state index contributed by atoms with van der Waals surface area (Å²) in [6.45, 7) is 6.68. The number of hydrogen-bond donors (Lipinski definition) is 1. The van der Waals surface area contributed by atoms with Crippen LogP contribution in [-0.2, 0) is 19.6 Å². The summed E-state index contributed by atoms with van der Waals surface area (Å²) >= 11 is 0. The van der Waals surface area contributed by atoms with Gasteiger partial charge < -0.3 is 10.1 Å². The Labute approximate surface area is 149 Å². The number of benzene rings is 2. The first kappa shape index (κ1) is 17.2. The lowest BCUT2D eigenvalue weighted by atomic mass is 10.1. The monoisotopic (exact) mass is 335 g/mol. The number of nitrogens with one attached hydrogen (secondary N) is 1. The Bertz CT molecular complexity index is 807. The second-order valence-corrected chi connectivity index (χ2v) is 6.24. The molecule has 2 aromatic carbocycles. The average molecular weight is 335 g/mol. The number of hydrogen-bond acceptors (Lipinski definition) is 3. The second-order valence-electron chi connectivity index (χ2n) is 6.24. The molecule has 0 amide bonds. The molecule has 0 bridgehead atoms. The lowest BCUT2D eigenvalue weighted by Crippen LogP contribution is -2.14. The van der Waals surface area contributed by atoms with E-state index in [0.29, 0.717) is 0 Å². The minimum atomic E-state index is 0.812. The number of aromatic nitrogens is 2. The van der Waals surface area contributed by atoms with E-state index in [0.717, 1.165) is 31.1 Å². The highest BCUT2D eigenvalue weighted by Crippen LogP contribution is 2.15. The third kappa shape index (κ3) is 4.28. The van der Waals surface area contributed by atoms with E-state index in [1.165, 1.54) is 22.4 Å². The Morgan fingerprint density at radius 1 is 0.920 bits per heavy atom. The van der Waals surface area contributed by atoms with Gasteiger partial charge in [-0.2, -0.15) is 5.10 Å². The highest BCUT2D eigenvalue weighted by Gasteiger charge is 2.11. The maximum Gasteiger partial charge on any atom is 0.118 e. The summed E-state index contributed by atoms with van der Waals surface area (Å²) in [6.07, 6.45) is 0. The van der Waals surface area contributed by atoms with Gasteiger partial charge in [-0.15, -0.1) is 0 Å². The topological polar surface area (TPSA) is 39.1 Å². The van der Waals surface area contributed by atoms with Crippen molar-refractivity contribution >= 4 is 0 Å². The first-order chi connectivity index (χ1) is 12.2. The molecule has 130 valence electrons. The van der Waals surface area contributed by atoms with Gasteiger partial charge >= 0.3 is 0 Å². The van der Waals surface area contributed by atoms with Crippen LogP contribution in [0.4, 0.5) is 0 Å². The van der Waals surface area contributed by atoms with Crippen LogP contribution in [0.25, 0.3) is 0 Å². The Morgan fingerprint density at radius 3 is 2.32 bits per heavy atom. The van der Waals surface area contributed by atoms with E-state index in [4.69, 9.17) is 9.84 Å². The van der Waals surface area contributed by atoms with E-state index in [1.54, 1.807) is 7.11 Å². The minimum Gasteiger partial charge on any atom is -0.497 e. The molecule has 4 nitrogen and oxygen atoms in total. The van der Waals surface area contributed by atoms with Gasteiger partial charge in [0.2, 0.25) is 0 Å². The third-order valence-electron chi connectivity index (χ3n) is 4.50. The van der Waals surface area contributed by atoms with Gasteiger partial charge in [0.05, 0.1) is 19.3 Å². The normalized spacial score (nSPS) is 10.8. The van der Waals surface area contributed by atoms with Gasteiger partial charge in [-0.3, -0.25) is 4.68 Å². The quantitative estimate of drug-likeness (QED) is 0.713. The Morgan fingerprint density at radius 2 is 1.64 bits per heavy atom. The van der Waals surface area contributed by atoms with Crippen molar-refractivity contribution in [3.05, 3.63) is 82.7 Å². The summed E-state index contributed by atoms with van der Waals surface area (Å²) < 4.78 is 7.29. The van der Waals surface area contributed by atoms with E-state index in [-0.39, 0.29) is 0 Å². The standard InChI is InChI=1S/C21H25N3O/c1-16-21(14-22-13-18-9-11-20(25-3)12-10-18)17(2)24(23-16)15-19-7-5-4-6-8-19/h4-12,22H,13-15H2,1-3H3. The summed E-state index contributed by atoms with van der Waals surface area (Å²) in [5.74, 6) is 0.887. The van der Waals surface area contributed by atoms with Crippen molar-refractivity contribution in [2.75, 3.05) is 7.11 Å². The highest BCUT2D eigenvalue weighted by molar-refractivity contribution is 5.28. The fourth-order valence-electron chi connectivity index (χ4n) is 2.98. The van der Waals surface area contributed by atoms with E-state index in [9.17, 15) is 0 Å². The summed E-state index contributed by atoms with van der Waals surface area (Å²) in [5, 5.41) is 8.23. The molecule has 4 heteroatoms. The van der Waals surface area contributed by atoms with Crippen LogP contribution in [0.15, 0.2) is 54.6 Å². The molecule has 0 saturated heterocycles. The molecule has 0 saturated carbocycles. The predicted octanol–water partition coefficient (Wildman–Crippen LogP) is 3.85. The van der Waals surface area contributed by atoms with Crippen molar-refractivity contribution in [1.82, 2.24) is 15.1 Å². The number of aryl methyl sites for hydroxylation is 1. The highest BCUT2D eigenvalue weighted by atomic mass is 16.5. The molecule has 0 spiro atoms. The lowest BCUT2D eigenvalue weighted by molar-refractivity contribution is 0.414. The molecule has 0 atom stereocenters. The fourth-order valence-corrected chi connectivity index (χ4v) is 2.98. The first-order valence-corrected chi connectivity index (χ1v) is 8.58. The number of ether oxygens (including phenoxy) is 1. The summed E-state index contributed by atoms with van der Waals surface area (Å²) in [4.78, 5) is 0. The number of rotatable bonds is 7. The van der Waals surface area contributed by atoms with Crippen LogP contribution in [0.2, 0.25) is 0 Å². The van der Waals surface area contributed by atoms with E-state index in [1.807, 2.05) is 18.2 Å². The Balaban J connectivity index is 1.62. The predicted molar refractivity (Wildman–Crippen MR) is 101 cm³/mol. The van der Waals surface area contributed by atoms with E-state index in [2.05, 4.69) is 60.2 Å². The van der Waals surface area contributed by atoms with Gasteiger partial charge in [-0.05, 0) is 37.1 Å². The van der Waals surface area contributed by atoms with Crippen LogP contribution in [0.3, 0.4) is 0 Å². The van der Waals surface area contributed by atoms with Crippen molar-refractivity contribution in [2.45, 2.75) is 33.5 Å². The minimum absolute atomic E-state index is 0.812. The number of nitrogens with zero attached hydrogens (tertiary/aromatic N) is 2. The third-order valence-corrected chi connectivity index (χ3v) is 4.50. The maximum atomic E-state index is 5.19. The molecule has 0 aliphatic heterocycles. The van der Waals surface area contributed by atoms with Crippen molar-refractivity contribution in [1.29, 1.82) is 0 Å². The van der Waals surface area contributed by atoms with Crippen LogP contribution in [0.5, 0.6) is 5.75 Å². The molecule has 0 fully saturated rings. The Kier molecular flexibility index (Phi) is 5.51. The zero-order chi connectivity index (χ0) is 17.6. The zero-order valence-electron chi connectivity index (χ0n) is 15.1. The second kappa shape index (κ2) is 7.99. The fraction of sp³-hybridized carbons (Fsp3) is 0.286. The van der Waals surface area contributed by atoms with Crippen molar-refractivity contribution < 1.29 is 4.74 Å². The van der Waals surface area contributed by atoms with E-state index < -0.39 is 0 Å². The van der Waals surface area contributed by atoms with Crippen molar-refractivity contribution in [3.63, 3.8) is 0 Å². The summed E-state index contributed by atoms with van der Waals surface area (Å²) in [6, 6.07) is 18.6.